The van der Waals surface area contributed by atoms with Gasteiger partial charge in [-0.2, -0.15) is 0 Å². The molecule has 1 fully saturated rings. The molecule has 0 aromatic heterocycles. The quantitative estimate of drug-likeness (QED) is 0.611. The summed E-state index contributed by atoms with van der Waals surface area (Å²) in [4.78, 5) is 13.6. The van der Waals surface area contributed by atoms with Crippen molar-refractivity contribution >= 4 is 5.91 Å². The van der Waals surface area contributed by atoms with Crippen molar-refractivity contribution in [3.05, 3.63) is 0 Å². The van der Waals surface area contributed by atoms with E-state index in [1.807, 2.05) is 0 Å². The molecule has 1 aliphatic heterocycles. The smallest absolute Gasteiger partial charge is 0.261 e. The van der Waals surface area contributed by atoms with E-state index >= 15 is 0 Å². The second-order valence-electron chi connectivity index (χ2n) is 4.99. The van der Waals surface area contributed by atoms with Gasteiger partial charge in [0.2, 0.25) is 5.91 Å². The van der Waals surface area contributed by atoms with Gasteiger partial charge in [-0.25, -0.2) is 8.78 Å². The number of ether oxygens (including phenoxy) is 1. The minimum absolute atomic E-state index is 0.0352. The Morgan fingerprint density at radius 3 is 2.95 bits per heavy atom. The van der Waals surface area contributed by atoms with E-state index in [0.29, 0.717) is 32.7 Å². The molecule has 3 N–H and O–H groups in total. The number of nitrogens with two attached hydrogens (primary N) is 1. The predicted molar refractivity (Wildman–Crippen MR) is 72.7 cm³/mol. The molecule has 7 heteroatoms. The van der Waals surface area contributed by atoms with Crippen LogP contribution in [0.25, 0.3) is 0 Å². The van der Waals surface area contributed by atoms with Gasteiger partial charge in [0.25, 0.3) is 6.43 Å². The zero-order chi connectivity index (χ0) is 14.8. The van der Waals surface area contributed by atoms with Gasteiger partial charge >= 0.3 is 0 Å². The van der Waals surface area contributed by atoms with E-state index in [2.05, 4.69) is 10.2 Å². The molecule has 20 heavy (non-hydrogen) atoms. The third kappa shape index (κ3) is 7.12. The van der Waals surface area contributed by atoms with E-state index in [0.717, 1.165) is 25.8 Å². The molecule has 0 aliphatic carbocycles. The molecule has 1 atom stereocenters. The van der Waals surface area contributed by atoms with Gasteiger partial charge in [-0.05, 0) is 19.4 Å². The van der Waals surface area contributed by atoms with Gasteiger partial charge in [0.1, 0.15) is 6.61 Å². The van der Waals surface area contributed by atoms with Gasteiger partial charge in [0, 0.05) is 32.1 Å². The number of likely N-dealkylation sites (tertiary alicyclic amines) is 1. The number of alkyl halides is 2. The second-order valence-corrected chi connectivity index (χ2v) is 4.99. The first-order valence-electron chi connectivity index (χ1n) is 7.20. The van der Waals surface area contributed by atoms with Crippen LogP contribution in [0.3, 0.4) is 0 Å². The number of nitrogens with one attached hydrogen (secondary N) is 1. The van der Waals surface area contributed by atoms with Crippen LogP contribution in [0.2, 0.25) is 0 Å². The predicted octanol–water partition coefficient (Wildman–Crippen LogP) is 0.588. The molecule has 118 valence electrons. The van der Waals surface area contributed by atoms with Crippen molar-refractivity contribution in [1.82, 2.24) is 10.2 Å². The molecular formula is C13H25F2N3O2. The maximum atomic E-state index is 12.0. The molecular weight excluding hydrogens is 268 g/mol. The summed E-state index contributed by atoms with van der Waals surface area (Å²) in [6.45, 7) is 2.29. The number of halogens is 2. The van der Waals surface area contributed by atoms with Crippen LogP contribution in [0.1, 0.15) is 25.7 Å². The Labute approximate surface area is 118 Å². The summed E-state index contributed by atoms with van der Waals surface area (Å²) in [5, 5.41) is 2.87. The normalized spacial score (nSPS) is 20.3. The molecule has 0 aromatic rings. The first-order chi connectivity index (χ1) is 9.63. The number of nitrogens with zero attached hydrogens (tertiary/aromatic N) is 1. The van der Waals surface area contributed by atoms with Crippen LogP contribution in [0.15, 0.2) is 0 Å². The molecule has 0 bridgehead atoms. The fraction of sp³-hybridized carbons (Fsp3) is 0.923. The summed E-state index contributed by atoms with van der Waals surface area (Å²) in [7, 11) is 0. The van der Waals surface area contributed by atoms with Crippen LogP contribution in [0.5, 0.6) is 0 Å². The molecule has 1 aliphatic rings. The van der Waals surface area contributed by atoms with Gasteiger partial charge < -0.3 is 15.8 Å². The van der Waals surface area contributed by atoms with Crippen molar-refractivity contribution < 1.29 is 18.3 Å². The highest BCUT2D eigenvalue weighted by Crippen LogP contribution is 2.16. The Balaban J connectivity index is 2.25. The number of hydrogen-bond donors (Lipinski definition) is 2. The number of carbonyl (C=O) groups is 1. The molecule has 0 radical (unpaired) electrons. The van der Waals surface area contributed by atoms with Gasteiger partial charge in [-0.3, -0.25) is 9.69 Å². The summed E-state index contributed by atoms with van der Waals surface area (Å²) in [5.41, 5.74) is 5.32. The van der Waals surface area contributed by atoms with Crippen molar-refractivity contribution in [2.24, 2.45) is 5.73 Å². The van der Waals surface area contributed by atoms with Crippen molar-refractivity contribution in [1.29, 1.82) is 0 Å². The van der Waals surface area contributed by atoms with Crippen LogP contribution in [0, 0.1) is 0 Å². The second kappa shape index (κ2) is 10.0. The van der Waals surface area contributed by atoms with Crippen molar-refractivity contribution in [3.63, 3.8) is 0 Å². The first-order valence-corrected chi connectivity index (χ1v) is 7.20. The van der Waals surface area contributed by atoms with Crippen LogP contribution in [-0.2, 0) is 9.53 Å². The Morgan fingerprint density at radius 2 is 2.25 bits per heavy atom. The number of carbonyl (C=O) groups excluding carboxylic acids is 1. The van der Waals surface area contributed by atoms with E-state index in [-0.39, 0.29) is 11.9 Å². The molecule has 0 spiro atoms. The number of amides is 1. The molecule has 1 rings (SSSR count). The van der Waals surface area contributed by atoms with E-state index in [1.165, 1.54) is 0 Å². The van der Waals surface area contributed by atoms with Crippen LogP contribution >= 0.6 is 0 Å². The zero-order valence-corrected chi connectivity index (χ0v) is 11.8. The van der Waals surface area contributed by atoms with Crippen molar-refractivity contribution in [2.75, 3.05) is 39.4 Å². The maximum Gasteiger partial charge on any atom is 0.261 e. The fourth-order valence-electron chi connectivity index (χ4n) is 2.39. The van der Waals surface area contributed by atoms with Crippen LogP contribution in [-0.4, -0.2) is 62.7 Å². The number of piperidine rings is 1. The standard InChI is InChI=1S/C13H25F2N3O2/c14-12(15)10-20-8-7-18-6-2-1-3-11(18)9-17-13(19)4-5-16/h11-12H,1-10,16H2,(H,17,19). The van der Waals surface area contributed by atoms with Crippen molar-refractivity contribution in [2.45, 2.75) is 38.2 Å². The molecule has 1 saturated heterocycles. The lowest BCUT2D eigenvalue weighted by Gasteiger charge is -2.35. The number of rotatable bonds is 9. The minimum atomic E-state index is -2.41. The molecule has 1 amide bonds. The zero-order valence-electron chi connectivity index (χ0n) is 11.8. The van der Waals surface area contributed by atoms with Gasteiger partial charge in [-0.1, -0.05) is 6.42 Å². The van der Waals surface area contributed by atoms with E-state index in [9.17, 15) is 13.6 Å². The monoisotopic (exact) mass is 293 g/mol. The van der Waals surface area contributed by atoms with Crippen LogP contribution < -0.4 is 11.1 Å². The maximum absolute atomic E-state index is 12.0. The Morgan fingerprint density at radius 1 is 1.45 bits per heavy atom. The minimum Gasteiger partial charge on any atom is -0.374 e. The Hall–Kier alpha value is -0.790. The van der Waals surface area contributed by atoms with Gasteiger partial charge in [-0.15, -0.1) is 0 Å². The third-order valence-electron chi connectivity index (χ3n) is 3.42. The summed E-state index contributed by atoms with van der Waals surface area (Å²) < 4.78 is 28.8. The Kier molecular flexibility index (Phi) is 8.64. The largest absolute Gasteiger partial charge is 0.374 e. The lowest BCUT2D eigenvalue weighted by molar-refractivity contribution is -0.121. The fourth-order valence-corrected chi connectivity index (χ4v) is 2.39. The van der Waals surface area contributed by atoms with Crippen LogP contribution in [0.4, 0.5) is 8.78 Å². The van der Waals surface area contributed by atoms with E-state index in [4.69, 9.17) is 10.5 Å². The molecule has 5 nitrogen and oxygen atoms in total. The first kappa shape index (κ1) is 17.3. The van der Waals surface area contributed by atoms with Gasteiger partial charge in [0.05, 0.1) is 6.61 Å². The molecule has 0 saturated carbocycles. The third-order valence-corrected chi connectivity index (χ3v) is 3.42. The topological polar surface area (TPSA) is 67.6 Å². The number of hydrogen-bond acceptors (Lipinski definition) is 4. The van der Waals surface area contributed by atoms with E-state index in [1.54, 1.807) is 0 Å². The molecule has 1 unspecified atom stereocenters. The highest BCUT2D eigenvalue weighted by atomic mass is 19.3. The summed E-state index contributed by atoms with van der Waals surface area (Å²) in [6.07, 6.45) is 1.17. The average Bonchev–Trinajstić information content (AvgIpc) is 2.42. The van der Waals surface area contributed by atoms with E-state index < -0.39 is 13.0 Å². The van der Waals surface area contributed by atoms with Gasteiger partial charge in [0.15, 0.2) is 0 Å². The highest BCUT2D eigenvalue weighted by molar-refractivity contribution is 5.76. The molecule has 0 aromatic carbocycles. The van der Waals surface area contributed by atoms with Crippen molar-refractivity contribution in [3.8, 4) is 0 Å². The lowest BCUT2D eigenvalue weighted by atomic mass is 10.0. The summed E-state index contributed by atoms with van der Waals surface area (Å²) in [6, 6.07) is 0.264. The summed E-state index contributed by atoms with van der Waals surface area (Å²) in [5.74, 6) is -0.0352. The molecule has 1 heterocycles. The SMILES string of the molecule is NCCC(=O)NCC1CCCCN1CCOCC(F)F. The highest BCUT2D eigenvalue weighted by Gasteiger charge is 2.22. The Bertz CT molecular complexity index is 280. The summed E-state index contributed by atoms with van der Waals surface area (Å²) >= 11 is 0. The average molecular weight is 293 g/mol. The lowest BCUT2D eigenvalue weighted by Crippen LogP contribution is -2.48.